The summed E-state index contributed by atoms with van der Waals surface area (Å²) < 4.78 is 1.09. The Bertz CT molecular complexity index is 563. The van der Waals surface area contributed by atoms with E-state index in [-0.39, 0.29) is 11.4 Å². The molecule has 1 heterocycles. The number of pyridine rings is 1. The van der Waals surface area contributed by atoms with Crippen molar-refractivity contribution in [1.29, 1.82) is 0 Å². The molecule has 0 aliphatic rings. The smallest absolute Gasteiger partial charge is 0.306 e. The second kappa shape index (κ2) is 4.55. The fraction of sp³-hybridized carbons (Fsp3) is 0. The highest BCUT2D eigenvalue weighted by Crippen LogP contribution is 2.18. The van der Waals surface area contributed by atoms with Gasteiger partial charge in [-0.3, -0.25) is 4.79 Å². The molecule has 0 fully saturated rings. The molecule has 1 aromatic carbocycles. The van der Waals surface area contributed by atoms with Crippen molar-refractivity contribution < 1.29 is 14.6 Å². The molecular formula is C12H8BrNO3. The first kappa shape index (κ1) is 11.6. The Kier molecular flexibility index (Phi) is 3.10. The molecule has 5 heteroatoms. The van der Waals surface area contributed by atoms with E-state index >= 15 is 0 Å². The van der Waals surface area contributed by atoms with E-state index < -0.39 is 5.78 Å². The predicted octanol–water partition coefficient (Wildman–Crippen LogP) is 2.02. The van der Waals surface area contributed by atoms with Gasteiger partial charge in [-0.05, 0) is 18.2 Å². The predicted molar refractivity (Wildman–Crippen MR) is 64.6 cm³/mol. The minimum Gasteiger partial charge on any atom is -0.618 e. The van der Waals surface area contributed by atoms with E-state index in [2.05, 4.69) is 15.9 Å². The zero-order valence-electron chi connectivity index (χ0n) is 8.63. The number of aromatic nitrogens is 1. The maximum atomic E-state index is 12.0. The van der Waals surface area contributed by atoms with Crippen molar-refractivity contribution in [2.24, 2.45) is 0 Å². The van der Waals surface area contributed by atoms with Gasteiger partial charge >= 0.3 is 5.69 Å². The molecule has 0 unspecified atom stereocenters. The second-order valence-corrected chi connectivity index (χ2v) is 4.32. The van der Waals surface area contributed by atoms with Gasteiger partial charge in [0.1, 0.15) is 0 Å². The summed E-state index contributed by atoms with van der Waals surface area (Å²) >= 11 is 3.24. The minimum atomic E-state index is -0.514. The first-order chi connectivity index (χ1) is 8.09. The summed E-state index contributed by atoms with van der Waals surface area (Å²) in [6.45, 7) is 0. The van der Waals surface area contributed by atoms with Gasteiger partial charge in [0.2, 0.25) is 0 Å². The highest BCUT2D eigenvalue weighted by atomic mass is 79.9. The lowest BCUT2D eigenvalue weighted by Crippen LogP contribution is -2.34. The van der Waals surface area contributed by atoms with Gasteiger partial charge in [-0.2, -0.15) is 4.73 Å². The Hall–Kier alpha value is -1.88. The third kappa shape index (κ3) is 2.29. The number of hydrogen-bond donors (Lipinski definition) is 1. The van der Waals surface area contributed by atoms with Crippen molar-refractivity contribution in [3.8, 4) is 5.75 Å². The largest absolute Gasteiger partial charge is 0.618 e. The summed E-state index contributed by atoms with van der Waals surface area (Å²) in [4.78, 5) is 12.0. The molecule has 0 aliphatic carbocycles. The van der Waals surface area contributed by atoms with Crippen molar-refractivity contribution in [2.75, 3.05) is 0 Å². The van der Waals surface area contributed by atoms with Gasteiger partial charge in [0.05, 0.1) is 0 Å². The standard InChI is InChI=1S/C12H8BrNO3/c13-9-4-1-3-8(7-9)12(16)11-10(15)5-2-6-14(11)17/h1-7,15H. The quantitative estimate of drug-likeness (QED) is 0.523. The van der Waals surface area contributed by atoms with Gasteiger partial charge in [-0.1, -0.05) is 28.1 Å². The van der Waals surface area contributed by atoms with Crippen molar-refractivity contribution in [3.63, 3.8) is 0 Å². The van der Waals surface area contributed by atoms with Crippen LogP contribution in [-0.4, -0.2) is 10.9 Å². The summed E-state index contributed by atoms with van der Waals surface area (Å²) in [5.74, 6) is -0.841. The number of rotatable bonds is 2. The fourth-order valence-electron chi connectivity index (χ4n) is 1.46. The zero-order chi connectivity index (χ0) is 12.4. The Balaban J connectivity index is 2.51. The maximum absolute atomic E-state index is 12.0. The number of hydrogen-bond acceptors (Lipinski definition) is 3. The second-order valence-electron chi connectivity index (χ2n) is 3.41. The number of carbonyl (C=O) groups is 1. The van der Waals surface area contributed by atoms with Crippen LogP contribution >= 0.6 is 15.9 Å². The molecule has 0 aliphatic heterocycles. The van der Waals surface area contributed by atoms with E-state index in [0.29, 0.717) is 10.3 Å². The number of aromatic hydroxyl groups is 1. The van der Waals surface area contributed by atoms with E-state index in [1.165, 1.54) is 18.3 Å². The average Bonchev–Trinajstić information content (AvgIpc) is 2.28. The van der Waals surface area contributed by atoms with Crippen LogP contribution in [-0.2, 0) is 0 Å². The summed E-state index contributed by atoms with van der Waals surface area (Å²) in [5.41, 5.74) is 0.0658. The molecule has 0 atom stereocenters. The van der Waals surface area contributed by atoms with Gasteiger partial charge < -0.3 is 10.3 Å². The summed E-state index contributed by atoms with van der Waals surface area (Å²) in [5, 5.41) is 21.0. The van der Waals surface area contributed by atoms with Crippen LogP contribution in [0, 0.1) is 5.21 Å². The molecule has 86 valence electrons. The molecule has 0 bridgehead atoms. The molecule has 1 N–H and O–H groups in total. The third-order valence-corrected chi connectivity index (χ3v) is 2.73. The van der Waals surface area contributed by atoms with Crippen LogP contribution in [0.25, 0.3) is 0 Å². The normalized spacial score (nSPS) is 10.2. The van der Waals surface area contributed by atoms with E-state index in [0.717, 1.165) is 4.47 Å². The van der Waals surface area contributed by atoms with Crippen molar-refractivity contribution in [1.82, 2.24) is 0 Å². The Morgan fingerprint density at radius 3 is 2.71 bits per heavy atom. The summed E-state index contributed by atoms with van der Waals surface area (Å²) in [6.07, 6.45) is 1.17. The third-order valence-electron chi connectivity index (χ3n) is 2.24. The van der Waals surface area contributed by atoms with Gasteiger partial charge in [0, 0.05) is 16.1 Å². The van der Waals surface area contributed by atoms with Crippen LogP contribution in [0.2, 0.25) is 0 Å². The summed E-state index contributed by atoms with van der Waals surface area (Å²) in [7, 11) is 0. The highest BCUT2D eigenvalue weighted by molar-refractivity contribution is 9.10. The molecule has 1 aromatic heterocycles. The monoisotopic (exact) mass is 293 g/mol. The summed E-state index contributed by atoms with van der Waals surface area (Å²) in [6, 6.07) is 9.31. The van der Waals surface area contributed by atoms with Crippen molar-refractivity contribution in [2.45, 2.75) is 0 Å². The average molecular weight is 294 g/mol. The maximum Gasteiger partial charge on any atom is 0.306 e. The van der Waals surface area contributed by atoms with Crippen LogP contribution < -0.4 is 4.73 Å². The Labute approximate surface area is 106 Å². The minimum absolute atomic E-state index is 0.273. The Morgan fingerprint density at radius 2 is 2.06 bits per heavy atom. The van der Waals surface area contributed by atoms with E-state index in [9.17, 15) is 15.1 Å². The molecule has 2 aromatic rings. The van der Waals surface area contributed by atoms with Gasteiger partial charge in [0.15, 0.2) is 11.9 Å². The molecule has 0 radical (unpaired) electrons. The van der Waals surface area contributed by atoms with Gasteiger partial charge in [-0.15, -0.1) is 0 Å². The fourth-order valence-corrected chi connectivity index (χ4v) is 1.86. The SMILES string of the molecule is O=C(c1cccc(Br)c1)c1c(O)ccc[n+]1[O-]. The molecule has 4 nitrogen and oxygen atoms in total. The zero-order valence-corrected chi connectivity index (χ0v) is 10.2. The molecule has 0 spiro atoms. The molecule has 0 amide bonds. The van der Waals surface area contributed by atoms with Crippen molar-refractivity contribution in [3.05, 3.63) is 63.5 Å². The number of benzene rings is 1. The number of ketones is 1. The van der Waals surface area contributed by atoms with Crippen LogP contribution in [0.3, 0.4) is 0 Å². The topological polar surface area (TPSA) is 64.2 Å². The van der Waals surface area contributed by atoms with E-state index in [1.54, 1.807) is 24.3 Å². The molecule has 17 heavy (non-hydrogen) atoms. The molecule has 0 saturated heterocycles. The van der Waals surface area contributed by atoms with Crippen LogP contribution in [0.1, 0.15) is 16.1 Å². The lowest BCUT2D eigenvalue weighted by Gasteiger charge is -2.05. The first-order valence-corrected chi connectivity index (χ1v) is 5.60. The Morgan fingerprint density at radius 1 is 1.29 bits per heavy atom. The highest BCUT2D eigenvalue weighted by Gasteiger charge is 2.22. The van der Waals surface area contributed by atoms with Crippen LogP contribution in [0.5, 0.6) is 5.75 Å². The number of nitrogens with zero attached hydrogens (tertiary/aromatic N) is 1. The van der Waals surface area contributed by atoms with Gasteiger partial charge in [0.25, 0.3) is 5.78 Å². The number of carbonyl (C=O) groups excluding carboxylic acids is 1. The molecule has 2 rings (SSSR count). The van der Waals surface area contributed by atoms with Crippen molar-refractivity contribution >= 4 is 21.7 Å². The molecule has 0 saturated carbocycles. The number of halogens is 1. The van der Waals surface area contributed by atoms with E-state index in [4.69, 9.17) is 0 Å². The lowest BCUT2D eigenvalue weighted by molar-refractivity contribution is -0.608. The van der Waals surface area contributed by atoms with Gasteiger partial charge in [-0.25, -0.2) is 0 Å². The lowest BCUT2D eigenvalue weighted by atomic mass is 10.1. The van der Waals surface area contributed by atoms with E-state index in [1.807, 2.05) is 0 Å². The first-order valence-electron chi connectivity index (χ1n) is 4.81. The van der Waals surface area contributed by atoms with Crippen LogP contribution in [0.4, 0.5) is 0 Å². The van der Waals surface area contributed by atoms with Crippen LogP contribution in [0.15, 0.2) is 47.1 Å². The molecular weight excluding hydrogens is 286 g/mol.